The molecule has 0 bridgehead atoms. The molecule has 0 amide bonds. The van der Waals surface area contributed by atoms with Crippen molar-refractivity contribution in [3.8, 4) is 17.5 Å². The van der Waals surface area contributed by atoms with Gasteiger partial charge in [0.2, 0.25) is 0 Å². The molecule has 0 saturated heterocycles. The molecular weight excluding hydrogens is 224 g/mol. The van der Waals surface area contributed by atoms with Crippen LogP contribution in [0.5, 0.6) is 0 Å². The van der Waals surface area contributed by atoms with Crippen LogP contribution in [0.2, 0.25) is 5.15 Å². The van der Waals surface area contributed by atoms with E-state index in [0.717, 1.165) is 11.1 Å². The molecule has 16 heavy (non-hydrogen) atoms. The summed E-state index contributed by atoms with van der Waals surface area (Å²) in [6, 6.07) is 5.66. The summed E-state index contributed by atoms with van der Waals surface area (Å²) in [5.74, 6) is 0.659. The number of rotatable bonds is 1. The summed E-state index contributed by atoms with van der Waals surface area (Å²) in [5.41, 5.74) is 2.87. The van der Waals surface area contributed by atoms with Gasteiger partial charge in [-0.1, -0.05) is 11.6 Å². The summed E-state index contributed by atoms with van der Waals surface area (Å²) >= 11 is 5.95. The molecule has 80 valence electrons. The third kappa shape index (κ3) is 1.58. The van der Waals surface area contributed by atoms with E-state index in [9.17, 15) is 0 Å². The maximum absolute atomic E-state index is 8.95. The Labute approximate surface area is 98.3 Å². The van der Waals surface area contributed by atoms with Crippen molar-refractivity contribution in [2.75, 3.05) is 0 Å². The van der Waals surface area contributed by atoms with Gasteiger partial charge in [-0.3, -0.25) is 0 Å². The van der Waals surface area contributed by atoms with Crippen LogP contribution < -0.4 is 0 Å². The summed E-state index contributed by atoms with van der Waals surface area (Å²) in [4.78, 5) is 4.20. The first-order chi connectivity index (χ1) is 7.65. The first-order valence-corrected chi connectivity index (χ1v) is 5.13. The molecule has 2 rings (SSSR count). The molecule has 0 aliphatic heterocycles. The van der Waals surface area contributed by atoms with E-state index in [0.29, 0.717) is 17.0 Å². The van der Waals surface area contributed by atoms with Gasteiger partial charge in [0.25, 0.3) is 0 Å². The second-order valence-electron chi connectivity index (χ2n) is 3.47. The van der Waals surface area contributed by atoms with Gasteiger partial charge in [-0.2, -0.15) is 5.26 Å². The van der Waals surface area contributed by atoms with Crippen LogP contribution >= 0.6 is 11.6 Å². The molecule has 0 aliphatic carbocycles. The van der Waals surface area contributed by atoms with Crippen LogP contribution in [0, 0.1) is 25.2 Å². The van der Waals surface area contributed by atoms with Crippen molar-refractivity contribution in [2.45, 2.75) is 13.8 Å². The Hall–Kier alpha value is -1.79. The van der Waals surface area contributed by atoms with Gasteiger partial charge >= 0.3 is 0 Å². The third-order valence-corrected chi connectivity index (χ3v) is 2.85. The average Bonchev–Trinajstić information content (AvgIpc) is 2.77. The average molecular weight is 233 g/mol. The largest absolute Gasteiger partial charge is 0.463 e. The second kappa shape index (κ2) is 3.99. The minimum absolute atomic E-state index is 0.219. The number of hydrogen-bond donors (Lipinski definition) is 0. The zero-order valence-electron chi connectivity index (χ0n) is 8.91. The minimum Gasteiger partial charge on any atom is -0.463 e. The van der Waals surface area contributed by atoms with Gasteiger partial charge in [-0.05, 0) is 37.1 Å². The zero-order chi connectivity index (χ0) is 11.7. The Kier molecular flexibility index (Phi) is 2.67. The lowest BCUT2D eigenvalue weighted by atomic mass is 10.0. The molecule has 0 radical (unpaired) electrons. The summed E-state index contributed by atoms with van der Waals surface area (Å²) in [7, 11) is 0. The Morgan fingerprint density at radius 1 is 1.38 bits per heavy atom. The monoisotopic (exact) mass is 232 g/mol. The number of halogens is 1. The summed E-state index contributed by atoms with van der Waals surface area (Å²) < 4.78 is 5.28. The maximum Gasteiger partial charge on any atom is 0.152 e. The number of pyridine rings is 1. The molecule has 2 heterocycles. The van der Waals surface area contributed by atoms with Crippen molar-refractivity contribution in [1.29, 1.82) is 5.26 Å². The van der Waals surface area contributed by atoms with E-state index in [2.05, 4.69) is 11.1 Å². The highest BCUT2D eigenvalue weighted by Crippen LogP contribution is 2.29. The molecule has 0 fully saturated rings. The van der Waals surface area contributed by atoms with E-state index in [1.165, 1.54) is 0 Å². The lowest BCUT2D eigenvalue weighted by Gasteiger charge is -2.08. The Balaban J connectivity index is 2.72. The summed E-state index contributed by atoms with van der Waals surface area (Å²) in [6.07, 6.45) is 1.58. The Bertz CT molecular complexity index is 568. The standard InChI is InChI=1S/C12H9ClN2O/c1-7-8(2)11(10-4-3-5-16-10)15-12(13)9(7)6-14/h3-5H,1-2H3. The molecule has 0 aromatic carbocycles. The lowest BCUT2D eigenvalue weighted by molar-refractivity contribution is 0.579. The molecule has 0 aliphatic rings. The van der Waals surface area contributed by atoms with Crippen molar-refractivity contribution in [3.63, 3.8) is 0 Å². The van der Waals surface area contributed by atoms with Gasteiger partial charge in [0.15, 0.2) is 5.76 Å². The van der Waals surface area contributed by atoms with Gasteiger partial charge in [0.1, 0.15) is 16.9 Å². The van der Waals surface area contributed by atoms with Crippen LogP contribution in [-0.4, -0.2) is 4.98 Å². The predicted molar refractivity (Wildman–Crippen MR) is 61.1 cm³/mol. The Morgan fingerprint density at radius 3 is 2.69 bits per heavy atom. The fourth-order valence-corrected chi connectivity index (χ4v) is 1.81. The minimum atomic E-state index is 0.219. The van der Waals surface area contributed by atoms with E-state index >= 15 is 0 Å². The normalized spacial score (nSPS) is 10.1. The molecule has 0 N–H and O–H groups in total. The van der Waals surface area contributed by atoms with Crippen LogP contribution in [0.1, 0.15) is 16.7 Å². The molecule has 2 aromatic rings. The predicted octanol–water partition coefficient (Wildman–Crippen LogP) is 3.48. The highest BCUT2D eigenvalue weighted by molar-refractivity contribution is 6.30. The molecule has 0 unspecified atom stereocenters. The Morgan fingerprint density at radius 2 is 2.12 bits per heavy atom. The lowest BCUT2D eigenvalue weighted by Crippen LogP contribution is -1.96. The van der Waals surface area contributed by atoms with Crippen LogP contribution in [0.15, 0.2) is 22.8 Å². The quantitative estimate of drug-likeness (QED) is 0.708. The van der Waals surface area contributed by atoms with Gasteiger partial charge in [-0.25, -0.2) is 4.98 Å². The number of nitriles is 1. The number of furan rings is 1. The van der Waals surface area contributed by atoms with Crippen LogP contribution in [-0.2, 0) is 0 Å². The molecule has 3 nitrogen and oxygen atoms in total. The van der Waals surface area contributed by atoms with Gasteiger partial charge in [0.05, 0.1) is 11.8 Å². The number of hydrogen-bond acceptors (Lipinski definition) is 3. The molecule has 0 atom stereocenters. The van der Waals surface area contributed by atoms with E-state index in [1.807, 2.05) is 19.9 Å². The van der Waals surface area contributed by atoms with Gasteiger partial charge in [-0.15, -0.1) is 0 Å². The first-order valence-electron chi connectivity index (χ1n) is 4.75. The third-order valence-electron chi connectivity index (χ3n) is 2.58. The van der Waals surface area contributed by atoms with Gasteiger partial charge < -0.3 is 4.42 Å². The van der Waals surface area contributed by atoms with E-state index in [-0.39, 0.29) is 5.15 Å². The van der Waals surface area contributed by atoms with Crippen molar-refractivity contribution < 1.29 is 4.42 Å². The molecule has 0 saturated carbocycles. The van der Waals surface area contributed by atoms with E-state index < -0.39 is 0 Å². The molecular formula is C12H9ClN2O. The van der Waals surface area contributed by atoms with Crippen molar-refractivity contribution in [1.82, 2.24) is 4.98 Å². The smallest absolute Gasteiger partial charge is 0.152 e. The van der Waals surface area contributed by atoms with E-state index in [4.69, 9.17) is 21.3 Å². The molecule has 2 aromatic heterocycles. The number of nitrogens with zero attached hydrogens (tertiary/aromatic N) is 2. The topological polar surface area (TPSA) is 49.8 Å². The van der Waals surface area contributed by atoms with E-state index in [1.54, 1.807) is 12.3 Å². The summed E-state index contributed by atoms with van der Waals surface area (Å²) in [5, 5.41) is 9.17. The molecule has 4 heteroatoms. The maximum atomic E-state index is 8.95. The fourth-order valence-electron chi connectivity index (χ4n) is 1.54. The van der Waals surface area contributed by atoms with Crippen molar-refractivity contribution in [3.05, 3.63) is 40.2 Å². The summed E-state index contributed by atoms with van der Waals surface area (Å²) in [6.45, 7) is 3.76. The highest BCUT2D eigenvalue weighted by Gasteiger charge is 2.15. The highest BCUT2D eigenvalue weighted by atomic mass is 35.5. The van der Waals surface area contributed by atoms with Crippen molar-refractivity contribution >= 4 is 11.6 Å². The van der Waals surface area contributed by atoms with Gasteiger partial charge in [0, 0.05) is 0 Å². The van der Waals surface area contributed by atoms with Crippen LogP contribution in [0.25, 0.3) is 11.5 Å². The van der Waals surface area contributed by atoms with Crippen molar-refractivity contribution in [2.24, 2.45) is 0 Å². The second-order valence-corrected chi connectivity index (χ2v) is 3.82. The first kappa shape index (κ1) is 10.7. The SMILES string of the molecule is Cc1c(-c2ccco2)nc(Cl)c(C#N)c1C. The zero-order valence-corrected chi connectivity index (χ0v) is 9.67. The fraction of sp³-hybridized carbons (Fsp3) is 0.167. The number of aromatic nitrogens is 1. The van der Waals surface area contributed by atoms with Crippen LogP contribution in [0.3, 0.4) is 0 Å². The van der Waals surface area contributed by atoms with Crippen LogP contribution in [0.4, 0.5) is 0 Å². The molecule has 0 spiro atoms.